The summed E-state index contributed by atoms with van der Waals surface area (Å²) in [7, 11) is -3.29. The van der Waals surface area contributed by atoms with Crippen LogP contribution < -0.4 is 5.14 Å². The van der Waals surface area contributed by atoms with Gasteiger partial charge in [-0.2, -0.15) is 0 Å². The molecule has 0 heterocycles. The van der Waals surface area contributed by atoms with E-state index in [1.54, 1.807) is 0 Å². The predicted octanol–water partition coefficient (Wildman–Crippen LogP) is 1.67. The molecule has 0 rings (SSSR count). The minimum absolute atomic E-state index is 0.0767. The maximum absolute atomic E-state index is 10.7. The number of hydrogen-bond acceptors (Lipinski definition) is 4. The molecule has 0 bridgehead atoms. The van der Waals surface area contributed by atoms with Crippen molar-refractivity contribution >= 4 is 10.0 Å². The lowest BCUT2D eigenvalue weighted by Gasteiger charge is -2.19. The van der Waals surface area contributed by atoms with Crippen LogP contribution in [0.3, 0.4) is 0 Å². The molecule has 2 N–H and O–H groups in total. The lowest BCUT2D eigenvalue weighted by atomic mass is 10.2. The van der Waals surface area contributed by atoms with Gasteiger partial charge in [-0.25, -0.2) is 13.6 Å². The van der Waals surface area contributed by atoms with E-state index in [1.165, 1.54) is 0 Å². The first-order valence-electron chi connectivity index (χ1n) is 6.43. The third-order valence-corrected chi connectivity index (χ3v) is 3.09. The molecule has 0 saturated heterocycles. The molecule has 110 valence electrons. The number of unbranched alkanes of at least 4 members (excludes halogenated alkanes) is 3. The highest BCUT2D eigenvalue weighted by atomic mass is 32.2. The van der Waals surface area contributed by atoms with E-state index >= 15 is 0 Å². The van der Waals surface area contributed by atoms with E-state index in [4.69, 9.17) is 14.6 Å². The van der Waals surface area contributed by atoms with Gasteiger partial charge >= 0.3 is 0 Å². The average Bonchev–Trinajstić information content (AvgIpc) is 2.17. The molecule has 0 saturated carbocycles. The van der Waals surface area contributed by atoms with Gasteiger partial charge in [0.25, 0.3) is 0 Å². The number of hydrogen-bond donors (Lipinski definition) is 1. The van der Waals surface area contributed by atoms with E-state index in [0.717, 1.165) is 19.3 Å². The molecule has 0 atom stereocenters. The van der Waals surface area contributed by atoms with Gasteiger partial charge in [-0.1, -0.05) is 12.8 Å². The summed E-state index contributed by atoms with van der Waals surface area (Å²) in [6, 6.07) is 0. The van der Waals surface area contributed by atoms with E-state index in [0.29, 0.717) is 26.2 Å². The van der Waals surface area contributed by atoms with Crippen LogP contribution in [-0.4, -0.2) is 39.6 Å². The van der Waals surface area contributed by atoms with Crippen LogP contribution in [0.4, 0.5) is 0 Å². The minimum atomic E-state index is -3.29. The van der Waals surface area contributed by atoms with Crippen LogP contribution >= 0.6 is 0 Å². The molecular formula is C12H27NO4S. The molecule has 0 aromatic rings. The van der Waals surface area contributed by atoms with Crippen molar-refractivity contribution in [1.82, 2.24) is 0 Å². The number of sulfonamides is 1. The maximum Gasteiger partial charge on any atom is 0.209 e. The fraction of sp³-hybridized carbons (Fsp3) is 1.00. The van der Waals surface area contributed by atoms with Gasteiger partial charge in [-0.05, 0) is 33.6 Å². The zero-order chi connectivity index (χ0) is 14.1. The molecule has 0 fully saturated rings. The van der Waals surface area contributed by atoms with Gasteiger partial charge in [0, 0.05) is 6.61 Å². The van der Waals surface area contributed by atoms with Crippen LogP contribution in [0.2, 0.25) is 0 Å². The Labute approximate surface area is 111 Å². The van der Waals surface area contributed by atoms with E-state index in [9.17, 15) is 8.42 Å². The summed E-state index contributed by atoms with van der Waals surface area (Å²) in [6.07, 6.45) is 3.42. The van der Waals surface area contributed by atoms with Crippen molar-refractivity contribution in [3.63, 3.8) is 0 Å². The number of ether oxygens (including phenoxy) is 2. The van der Waals surface area contributed by atoms with Crippen molar-refractivity contribution in [3.05, 3.63) is 0 Å². The molecule has 0 spiro atoms. The summed E-state index contributed by atoms with van der Waals surface area (Å²) < 4.78 is 32.2. The second-order valence-electron chi connectivity index (χ2n) is 5.35. The summed E-state index contributed by atoms with van der Waals surface area (Å²) >= 11 is 0. The summed E-state index contributed by atoms with van der Waals surface area (Å²) in [5.41, 5.74) is -0.114. The van der Waals surface area contributed by atoms with Crippen molar-refractivity contribution in [2.24, 2.45) is 5.14 Å². The van der Waals surface area contributed by atoms with Gasteiger partial charge in [-0.15, -0.1) is 0 Å². The highest BCUT2D eigenvalue weighted by Gasteiger charge is 2.08. The van der Waals surface area contributed by atoms with Crippen LogP contribution in [0.25, 0.3) is 0 Å². The lowest BCUT2D eigenvalue weighted by molar-refractivity contribution is -0.0351. The van der Waals surface area contributed by atoms with Crippen molar-refractivity contribution in [1.29, 1.82) is 0 Å². The third-order valence-electron chi connectivity index (χ3n) is 2.23. The Hall–Kier alpha value is -0.170. The quantitative estimate of drug-likeness (QED) is 0.618. The first-order valence-corrected chi connectivity index (χ1v) is 8.14. The van der Waals surface area contributed by atoms with E-state index in [2.05, 4.69) is 0 Å². The zero-order valence-electron chi connectivity index (χ0n) is 11.8. The summed E-state index contributed by atoms with van der Waals surface area (Å²) in [6.45, 7) is 7.95. The molecule has 6 heteroatoms. The van der Waals surface area contributed by atoms with Crippen LogP contribution in [0.15, 0.2) is 0 Å². The summed E-state index contributed by atoms with van der Waals surface area (Å²) in [5, 5.41) is 4.90. The Kier molecular flexibility index (Phi) is 8.77. The smallest absolute Gasteiger partial charge is 0.209 e. The van der Waals surface area contributed by atoms with Crippen LogP contribution in [-0.2, 0) is 19.5 Å². The number of rotatable bonds is 10. The molecule has 0 unspecified atom stereocenters. The van der Waals surface area contributed by atoms with Crippen molar-refractivity contribution in [3.8, 4) is 0 Å². The summed E-state index contributed by atoms with van der Waals surface area (Å²) in [5.74, 6) is 0.0767. The molecular weight excluding hydrogens is 254 g/mol. The Balaban J connectivity index is 3.17. The van der Waals surface area contributed by atoms with Gasteiger partial charge in [-0.3, -0.25) is 0 Å². The largest absolute Gasteiger partial charge is 0.379 e. The Morgan fingerprint density at radius 3 is 2.11 bits per heavy atom. The first-order chi connectivity index (χ1) is 8.21. The number of primary sulfonamides is 1. The highest BCUT2D eigenvalue weighted by molar-refractivity contribution is 7.89. The third kappa shape index (κ3) is 15.8. The summed E-state index contributed by atoms with van der Waals surface area (Å²) in [4.78, 5) is 0. The molecule has 0 aliphatic carbocycles. The van der Waals surface area contributed by atoms with Gasteiger partial charge in [0.15, 0.2) is 0 Å². The molecule has 0 aliphatic rings. The van der Waals surface area contributed by atoms with Gasteiger partial charge in [0.05, 0.1) is 24.6 Å². The standard InChI is InChI=1S/C12H27NO4S/c1-12(2,3)17-10-9-16-8-6-4-5-7-11-18(13,14)15/h4-11H2,1-3H3,(H2,13,14,15). The van der Waals surface area contributed by atoms with Gasteiger partial charge in [0.2, 0.25) is 10.0 Å². The van der Waals surface area contributed by atoms with Gasteiger partial charge in [0.1, 0.15) is 0 Å². The zero-order valence-corrected chi connectivity index (χ0v) is 12.6. The van der Waals surface area contributed by atoms with Crippen LogP contribution in [0, 0.1) is 0 Å². The second kappa shape index (κ2) is 8.85. The van der Waals surface area contributed by atoms with E-state index in [-0.39, 0.29) is 11.4 Å². The Morgan fingerprint density at radius 2 is 1.56 bits per heavy atom. The molecule has 0 aliphatic heterocycles. The van der Waals surface area contributed by atoms with Crippen molar-refractivity contribution < 1.29 is 17.9 Å². The molecule has 5 nitrogen and oxygen atoms in total. The first kappa shape index (κ1) is 17.8. The lowest BCUT2D eigenvalue weighted by Crippen LogP contribution is -2.21. The molecule has 0 amide bonds. The monoisotopic (exact) mass is 281 g/mol. The van der Waals surface area contributed by atoms with E-state index in [1.807, 2.05) is 20.8 Å². The SMILES string of the molecule is CC(C)(C)OCCOCCCCCCS(N)(=O)=O. The number of nitrogens with two attached hydrogens (primary N) is 1. The second-order valence-corrected chi connectivity index (χ2v) is 7.09. The van der Waals surface area contributed by atoms with E-state index < -0.39 is 10.0 Å². The fourth-order valence-corrected chi connectivity index (χ4v) is 1.98. The molecule has 18 heavy (non-hydrogen) atoms. The van der Waals surface area contributed by atoms with Crippen LogP contribution in [0.5, 0.6) is 0 Å². The molecule has 0 radical (unpaired) electrons. The molecule has 0 aromatic heterocycles. The predicted molar refractivity (Wildman–Crippen MR) is 73.0 cm³/mol. The highest BCUT2D eigenvalue weighted by Crippen LogP contribution is 2.06. The van der Waals surface area contributed by atoms with Crippen LogP contribution in [0.1, 0.15) is 46.5 Å². The van der Waals surface area contributed by atoms with Crippen molar-refractivity contribution in [2.45, 2.75) is 52.1 Å². The maximum atomic E-state index is 10.7. The Bertz CT molecular complexity index is 296. The molecule has 0 aromatic carbocycles. The van der Waals surface area contributed by atoms with Crippen molar-refractivity contribution in [2.75, 3.05) is 25.6 Å². The Morgan fingerprint density at radius 1 is 0.944 bits per heavy atom. The normalized spacial score (nSPS) is 12.9. The average molecular weight is 281 g/mol. The topological polar surface area (TPSA) is 78.6 Å². The van der Waals surface area contributed by atoms with Gasteiger partial charge < -0.3 is 9.47 Å². The minimum Gasteiger partial charge on any atom is -0.379 e. The fourth-order valence-electron chi connectivity index (χ4n) is 1.37.